The standard InChI is InChI=1S/C7H15F3NP/c1-7-5-3-4-6-11(7)12(2,8,9)10/h7H,3-6H2,1-2H3. The van der Waals surface area contributed by atoms with Crippen LogP contribution < -0.4 is 0 Å². The van der Waals surface area contributed by atoms with Gasteiger partial charge in [-0.3, -0.25) is 0 Å². The van der Waals surface area contributed by atoms with Gasteiger partial charge in [-0.2, -0.15) is 0 Å². The van der Waals surface area contributed by atoms with Gasteiger partial charge in [0.25, 0.3) is 0 Å². The number of rotatable bonds is 1. The van der Waals surface area contributed by atoms with Crippen molar-refractivity contribution in [2.24, 2.45) is 0 Å². The third kappa shape index (κ3) is 2.33. The summed E-state index contributed by atoms with van der Waals surface area (Å²) in [5, 5.41) is 0. The molecule has 0 aromatic heterocycles. The van der Waals surface area contributed by atoms with Gasteiger partial charge in [0.15, 0.2) is 0 Å². The summed E-state index contributed by atoms with van der Waals surface area (Å²) < 4.78 is 39.6. The first kappa shape index (κ1) is 10.3. The second kappa shape index (κ2) is 2.85. The van der Waals surface area contributed by atoms with Crippen LogP contribution in [0.5, 0.6) is 0 Å². The van der Waals surface area contributed by atoms with E-state index in [4.69, 9.17) is 0 Å². The van der Waals surface area contributed by atoms with Crippen molar-refractivity contribution in [3.05, 3.63) is 0 Å². The van der Waals surface area contributed by atoms with Crippen LogP contribution in [-0.4, -0.2) is 23.9 Å². The first-order valence-electron chi connectivity index (χ1n) is 4.21. The minimum absolute atomic E-state index is 0.207. The minimum atomic E-state index is -5.95. The van der Waals surface area contributed by atoms with Gasteiger partial charge in [0, 0.05) is 0 Å². The van der Waals surface area contributed by atoms with E-state index in [-0.39, 0.29) is 12.6 Å². The Hall–Kier alpha value is 0.180. The third-order valence-electron chi connectivity index (χ3n) is 2.32. The van der Waals surface area contributed by atoms with Crippen LogP contribution in [0.1, 0.15) is 26.2 Å². The SMILES string of the molecule is CC1CCCCN1P(C)(F)(F)F. The Labute approximate surface area is 71.3 Å². The van der Waals surface area contributed by atoms with Crippen molar-refractivity contribution in [3.63, 3.8) is 0 Å². The number of hydrogen-bond acceptors (Lipinski definition) is 1. The van der Waals surface area contributed by atoms with E-state index in [1.54, 1.807) is 6.92 Å². The van der Waals surface area contributed by atoms with Crippen molar-refractivity contribution in [2.45, 2.75) is 32.2 Å². The fourth-order valence-corrected chi connectivity index (χ4v) is 3.24. The zero-order valence-corrected chi connectivity index (χ0v) is 8.33. The molecule has 1 saturated heterocycles. The summed E-state index contributed by atoms with van der Waals surface area (Å²) in [5.41, 5.74) is 0. The van der Waals surface area contributed by atoms with Gasteiger partial charge in [-0.05, 0) is 0 Å². The molecule has 1 aliphatic heterocycles. The second-order valence-corrected chi connectivity index (χ2v) is 6.40. The molecule has 5 heteroatoms. The van der Waals surface area contributed by atoms with Crippen molar-refractivity contribution in [1.82, 2.24) is 4.67 Å². The fraction of sp³-hybridized carbons (Fsp3) is 1.00. The molecule has 0 amide bonds. The van der Waals surface area contributed by atoms with E-state index in [1.807, 2.05) is 0 Å². The topological polar surface area (TPSA) is 3.24 Å². The Balaban J connectivity index is 2.73. The van der Waals surface area contributed by atoms with Gasteiger partial charge in [-0.25, -0.2) is 0 Å². The molecule has 0 aliphatic carbocycles. The maximum atomic E-state index is 12.9. The molecule has 1 fully saturated rings. The van der Waals surface area contributed by atoms with Crippen LogP contribution in [-0.2, 0) is 0 Å². The fourth-order valence-electron chi connectivity index (χ4n) is 1.72. The summed E-state index contributed by atoms with van der Waals surface area (Å²) in [7, 11) is -5.95. The molecule has 0 N–H and O–H groups in total. The maximum absolute atomic E-state index is 12.9. The molecule has 1 nitrogen and oxygen atoms in total. The number of hydrogen-bond donors (Lipinski definition) is 0. The zero-order chi connectivity index (χ0) is 9.43. The van der Waals surface area contributed by atoms with Crippen molar-refractivity contribution in [2.75, 3.05) is 13.2 Å². The first-order chi connectivity index (χ1) is 5.27. The normalized spacial score (nSPS) is 31.1. The second-order valence-electron chi connectivity index (χ2n) is 3.63. The molecule has 0 saturated carbocycles. The first-order valence-corrected chi connectivity index (χ1v) is 6.52. The monoisotopic (exact) mass is 201 g/mol. The number of halogens is 3. The summed E-state index contributed by atoms with van der Waals surface area (Å²) in [6.07, 6.45) is 2.31. The molecule has 74 valence electrons. The Bertz CT molecular complexity index is 168. The Kier molecular flexibility index (Phi) is 2.43. The number of nitrogens with zero attached hydrogens (tertiary/aromatic N) is 1. The van der Waals surface area contributed by atoms with E-state index >= 15 is 0 Å². The predicted molar refractivity (Wildman–Crippen MR) is 46.2 cm³/mol. The Morgan fingerprint density at radius 1 is 1.25 bits per heavy atom. The van der Waals surface area contributed by atoms with Gasteiger partial charge in [-0.1, -0.05) is 0 Å². The summed E-state index contributed by atoms with van der Waals surface area (Å²) in [6.45, 7) is 2.34. The molecule has 0 aromatic carbocycles. The third-order valence-corrected chi connectivity index (χ3v) is 4.01. The van der Waals surface area contributed by atoms with Crippen LogP contribution in [0.2, 0.25) is 0 Å². The predicted octanol–water partition coefficient (Wildman–Crippen LogP) is 3.61. The molecule has 1 atom stereocenters. The molecule has 12 heavy (non-hydrogen) atoms. The van der Waals surface area contributed by atoms with E-state index in [1.165, 1.54) is 0 Å². The molecule has 1 heterocycles. The van der Waals surface area contributed by atoms with E-state index in [0.29, 0.717) is 19.5 Å². The zero-order valence-electron chi connectivity index (χ0n) is 7.43. The van der Waals surface area contributed by atoms with Gasteiger partial charge < -0.3 is 0 Å². The molecular formula is C7H15F3NP. The van der Waals surface area contributed by atoms with Gasteiger partial charge in [0.05, 0.1) is 0 Å². The van der Waals surface area contributed by atoms with Crippen molar-refractivity contribution in [3.8, 4) is 0 Å². The molecule has 0 radical (unpaired) electrons. The van der Waals surface area contributed by atoms with Crippen LogP contribution >= 0.6 is 7.69 Å². The van der Waals surface area contributed by atoms with Crippen LogP contribution in [0.4, 0.5) is 12.6 Å². The molecule has 0 spiro atoms. The number of piperidine rings is 1. The van der Waals surface area contributed by atoms with E-state index < -0.39 is 7.69 Å². The van der Waals surface area contributed by atoms with E-state index in [9.17, 15) is 12.6 Å². The molecule has 1 aliphatic rings. The molecule has 0 aromatic rings. The molecule has 0 bridgehead atoms. The van der Waals surface area contributed by atoms with Crippen LogP contribution in [0.15, 0.2) is 0 Å². The van der Waals surface area contributed by atoms with Crippen molar-refractivity contribution >= 4 is 7.69 Å². The van der Waals surface area contributed by atoms with Crippen molar-refractivity contribution in [1.29, 1.82) is 0 Å². The van der Waals surface area contributed by atoms with Gasteiger partial charge in [-0.15, -0.1) is 0 Å². The van der Waals surface area contributed by atoms with E-state index in [0.717, 1.165) is 11.1 Å². The quantitative estimate of drug-likeness (QED) is 0.586. The van der Waals surface area contributed by atoms with Gasteiger partial charge in [0.1, 0.15) is 0 Å². The molecule has 1 unspecified atom stereocenters. The van der Waals surface area contributed by atoms with Gasteiger partial charge >= 0.3 is 70.4 Å². The average molecular weight is 201 g/mol. The summed E-state index contributed by atoms with van der Waals surface area (Å²) in [5.74, 6) is 0. The Morgan fingerprint density at radius 3 is 2.17 bits per heavy atom. The summed E-state index contributed by atoms with van der Waals surface area (Å²) in [4.78, 5) is 0. The van der Waals surface area contributed by atoms with Crippen LogP contribution in [0.25, 0.3) is 0 Å². The molecular weight excluding hydrogens is 186 g/mol. The Morgan fingerprint density at radius 2 is 1.83 bits per heavy atom. The summed E-state index contributed by atoms with van der Waals surface area (Å²) in [6, 6.07) is -0.304. The summed E-state index contributed by atoms with van der Waals surface area (Å²) >= 11 is 0. The van der Waals surface area contributed by atoms with Crippen LogP contribution in [0.3, 0.4) is 0 Å². The van der Waals surface area contributed by atoms with Crippen LogP contribution in [0, 0.1) is 0 Å². The van der Waals surface area contributed by atoms with Crippen molar-refractivity contribution < 1.29 is 12.6 Å². The van der Waals surface area contributed by atoms with E-state index in [2.05, 4.69) is 0 Å². The molecule has 1 rings (SSSR count). The van der Waals surface area contributed by atoms with Gasteiger partial charge in [0.2, 0.25) is 0 Å². The average Bonchev–Trinajstić information content (AvgIpc) is 1.84.